The number of hydrogen-bond acceptors (Lipinski definition) is 4. The molecule has 0 amide bonds. The average molecular weight is 305 g/mol. The summed E-state index contributed by atoms with van der Waals surface area (Å²) in [6.07, 6.45) is 0.416. The van der Waals surface area contributed by atoms with Gasteiger partial charge in [0.15, 0.2) is 9.84 Å². The van der Waals surface area contributed by atoms with Crippen LogP contribution in [0.3, 0.4) is 0 Å². The van der Waals surface area contributed by atoms with Crippen LogP contribution in [0.5, 0.6) is 0 Å². The van der Waals surface area contributed by atoms with Crippen molar-refractivity contribution in [3.63, 3.8) is 0 Å². The van der Waals surface area contributed by atoms with Crippen molar-refractivity contribution in [2.24, 2.45) is 0 Å². The Morgan fingerprint density at radius 2 is 1.57 bits per heavy atom. The van der Waals surface area contributed by atoms with E-state index >= 15 is 0 Å². The molecule has 110 valence electrons. The number of non-ortho nitro benzene ring substituents is 1. The third-order valence-corrected chi connectivity index (χ3v) is 4.92. The molecule has 0 saturated carbocycles. The van der Waals surface area contributed by atoms with Gasteiger partial charge >= 0.3 is 0 Å². The van der Waals surface area contributed by atoms with Gasteiger partial charge in [-0.15, -0.1) is 0 Å². The van der Waals surface area contributed by atoms with E-state index in [1.807, 2.05) is 31.2 Å². The minimum atomic E-state index is -3.43. The molecule has 2 rings (SSSR count). The Kier molecular flexibility index (Phi) is 4.37. The lowest BCUT2D eigenvalue weighted by atomic mass is 10.1. The maximum atomic E-state index is 12.2. The quantitative estimate of drug-likeness (QED) is 0.628. The van der Waals surface area contributed by atoms with Gasteiger partial charge in [0.2, 0.25) is 0 Å². The molecule has 5 nitrogen and oxygen atoms in total. The molecule has 0 fully saturated rings. The third-order valence-electron chi connectivity index (χ3n) is 3.19. The number of nitro groups is 1. The largest absolute Gasteiger partial charge is 0.269 e. The van der Waals surface area contributed by atoms with E-state index in [1.165, 1.54) is 24.3 Å². The van der Waals surface area contributed by atoms with E-state index in [0.717, 1.165) is 11.1 Å². The summed E-state index contributed by atoms with van der Waals surface area (Å²) in [4.78, 5) is 10.1. The molecule has 0 aliphatic rings. The van der Waals surface area contributed by atoms with Crippen LogP contribution in [0.2, 0.25) is 0 Å². The molecule has 0 aliphatic carbocycles. The van der Waals surface area contributed by atoms with Crippen LogP contribution in [0.4, 0.5) is 5.69 Å². The molecule has 0 aromatic heterocycles. The fourth-order valence-corrected chi connectivity index (χ4v) is 3.19. The van der Waals surface area contributed by atoms with Gasteiger partial charge in [0.25, 0.3) is 5.69 Å². The highest BCUT2D eigenvalue weighted by Crippen LogP contribution is 2.18. The van der Waals surface area contributed by atoms with E-state index < -0.39 is 14.8 Å². The van der Waals surface area contributed by atoms with Crippen molar-refractivity contribution in [3.8, 4) is 0 Å². The summed E-state index contributed by atoms with van der Waals surface area (Å²) in [5.74, 6) is -0.0200. The summed E-state index contributed by atoms with van der Waals surface area (Å²) in [5, 5.41) is 10.6. The van der Waals surface area contributed by atoms with E-state index in [2.05, 4.69) is 0 Å². The number of sulfone groups is 1. The Bertz CT molecular complexity index is 734. The van der Waals surface area contributed by atoms with Gasteiger partial charge in [0.05, 0.1) is 15.6 Å². The fourth-order valence-electron chi connectivity index (χ4n) is 1.90. The number of nitro benzene ring substituents is 1. The van der Waals surface area contributed by atoms with Crippen LogP contribution in [0.25, 0.3) is 0 Å². The van der Waals surface area contributed by atoms with Crippen molar-refractivity contribution < 1.29 is 13.3 Å². The van der Waals surface area contributed by atoms with Crippen LogP contribution in [-0.4, -0.2) is 19.1 Å². The van der Waals surface area contributed by atoms with Crippen molar-refractivity contribution in [2.75, 3.05) is 5.75 Å². The first-order valence-electron chi connectivity index (χ1n) is 6.41. The predicted molar refractivity (Wildman–Crippen MR) is 80.0 cm³/mol. The summed E-state index contributed by atoms with van der Waals surface area (Å²) in [6, 6.07) is 12.7. The Morgan fingerprint density at radius 1 is 1.00 bits per heavy atom. The topological polar surface area (TPSA) is 77.3 Å². The minimum absolute atomic E-state index is 0.0200. The van der Waals surface area contributed by atoms with Crippen LogP contribution in [-0.2, 0) is 16.3 Å². The number of aryl methyl sites for hydroxylation is 2. The lowest BCUT2D eigenvalue weighted by Gasteiger charge is -2.05. The average Bonchev–Trinajstić information content (AvgIpc) is 2.47. The molecule has 2 aromatic rings. The second-order valence-corrected chi connectivity index (χ2v) is 6.91. The molecule has 0 bridgehead atoms. The van der Waals surface area contributed by atoms with Crippen molar-refractivity contribution in [2.45, 2.75) is 18.2 Å². The van der Waals surface area contributed by atoms with Crippen LogP contribution < -0.4 is 0 Å². The number of hydrogen-bond donors (Lipinski definition) is 0. The standard InChI is InChI=1S/C15H15NO4S/c1-12-2-4-13(5-3-12)10-11-21(19,20)15-8-6-14(7-9-15)16(17)18/h2-9H,10-11H2,1H3. The highest BCUT2D eigenvalue weighted by atomic mass is 32.2. The van der Waals surface area contributed by atoms with Gasteiger partial charge in [0, 0.05) is 12.1 Å². The second kappa shape index (κ2) is 6.05. The predicted octanol–water partition coefficient (Wildman–Crippen LogP) is 2.92. The molecular weight excluding hydrogens is 290 g/mol. The van der Waals surface area contributed by atoms with Gasteiger partial charge in [0.1, 0.15) is 0 Å². The van der Waals surface area contributed by atoms with Crippen LogP contribution in [0.1, 0.15) is 11.1 Å². The zero-order valence-corrected chi connectivity index (χ0v) is 12.3. The first-order valence-corrected chi connectivity index (χ1v) is 8.06. The van der Waals surface area contributed by atoms with Crippen molar-refractivity contribution in [3.05, 3.63) is 69.8 Å². The Hall–Kier alpha value is -2.21. The summed E-state index contributed by atoms with van der Waals surface area (Å²) in [7, 11) is -3.43. The minimum Gasteiger partial charge on any atom is -0.258 e. The molecule has 0 unspecified atom stereocenters. The molecule has 2 aromatic carbocycles. The molecule has 0 saturated heterocycles. The van der Waals surface area contributed by atoms with Crippen molar-refractivity contribution in [1.29, 1.82) is 0 Å². The van der Waals surface area contributed by atoms with Gasteiger partial charge in [-0.2, -0.15) is 0 Å². The van der Waals surface area contributed by atoms with Crippen LogP contribution >= 0.6 is 0 Å². The first-order chi connectivity index (χ1) is 9.88. The maximum Gasteiger partial charge on any atom is 0.269 e. The highest BCUT2D eigenvalue weighted by Gasteiger charge is 2.16. The van der Waals surface area contributed by atoms with Crippen LogP contribution in [0.15, 0.2) is 53.4 Å². The number of nitrogens with zero attached hydrogens (tertiary/aromatic N) is 1. The molecule has 21 heavy (non-hydrogen) atoms. The summed E-state index contributed by atoms with van der Waals surface area (Å²) in [5.41, 5.74) is 1.95. The Balaban J connectivity index is 2.11. The molecule has 6 heteroatoms. The maximum absolute atomic E-state index is 12.2. The summed E-state index contributed by atoms with van der Waals surface area (Å²) < 4.78 is 24.4. The molecule has 0 spiro atoms. The molecule has 0 atom stereocenters. The highest BCUT2D eigenvalue weighted by molar-refractivity contribution is 7.91. The van der Waals surface area contributed by atoms with Gasteiger partial charge < -0.3 is 0 Å². The van der Waals surface area contributed by atoms with E-state index in [4.69, 9.17) is 0 Å². The van der Waals surface area contributed by atoms with Gasteiger partial charge in [-0.25, -0.2) is 8.42 Å². The Morgan fingerprint density at radius 3 is 2.10 bits per heavy atom. The number of benzene rings is 2. The van der Waals surface area contributed by atoms with E-state index in [1.54, 1.807) is 0 Å². The van der Waals surface area contributed by atoms with Gasteiger partial charge in [-0.1, -0.05) is 29.8 Å². The van der Waals surface area contributed by atoms with E-state index in [-0.39, 0.29) is 16.3 Å². The van der Waals surface area contributed by atoms with Gasteiger partial charge in [-0.3, -0.25) is 10.1 Å². The zero-order chi connectivity index (χ0) is 15.5. The zero-order valence-electron chi connectivity index (χ0n) is 11.5. The summed E-state index contributed by atoms with van der Waals surface area (Å²) in [6.45, 7) is 1.97. The fraction of sp³-hybridized carbons (Fsp3) is 0.200. The second-order valence-electron chi connectivity index (χ2n) is 4.81. The monoisotopic (exact) mass is 305 g/mol. The van der Waals surface area contributed by atoms with Gasteiger partial charge in [-0.05, 0) is 31.0 Å². The van der Waals surface area contributed by atoms with E-state index in [0.29, 0.717) is 6.42 Å². The first kappa shape index (κ1) is 15.2. The number of rotatable bonds is 5. The van der Waals surface area contributed by atoms with E-state index in [9.17, 15) is 18.5 Å². The SMILES string of the molecule is Cc1ccc(CCS(=O)(=O)c2ccc([N+](=O)[O-])cc2)cc1. The molecule has 0 aliphatic heterocycles. The summed E-state index contributed by atoms with van der Waals surface area (Å²) >= 11 is 0. The lowest BCUT2D eigenvalue weighted by Crippen LogP contribution is -2.09. The van der Waals surface area contributed by atoms with Crippen molar-refractivity contribution >= 4 is 15.5 Å². The molecular formula is C15H15NO4S. The smallest absolute Gasteiger partial charge is 0.258 e. The molecule has 0 N–H and O–H groups in total. The normalized spacial score (nSPS) is 11.3. The molecule has 0 radical (unpaired) electrons. The molecule has 0 heterocycles. The lowest BCUT2D eigenvalue weighted by molar-refractivity contribution is -0.384. The van der Waals surface area contributed by atoms with Crippen molar-refractivity contribution in [1.82, 2.24) is 0 Å². The third kappa shape index (κ3) is 3.88. The van der Waals surface area contributed by atoms with Crippen LogP contribution in [0, 0.1) is 17.0 Å². The Labute approximate surface area is 123 Å².